The predicted molar refractivity (Wildman–Crippen MR) is 110 cm³/mol. The minimum atomic E-state index is -0.609. The van der Waals surface area contributed by atoms with Crippen molar-refractivity contribution >= 4 is 23.4 Å². The minimum Gasteiger partial charge on any atom is -0.481 e. The molecule has 148 valence electrons. The second kappa shape index (κ2) is 9.11. The van der Waals surface area contributed by atoms with Crippen LogP contribution in [0.4, 0.5) is 0 Å². The van der Waals surface area contributed by atoms with Crippen LogP contribution in [0.15, 0.2) is 48.5 Å². The lowest BCUT2D eigenvalue weighted by molar-refractivity contribution is -0.139. The van der Waals surface area contributed by atoms with E-state index in [2.05, 4.69) is 6.92 Å². The Labute approximate surface area is 170 Å². The molecule has 2 aromatic rings. The summed E-state index contributed by atoms with van der Waals surface area (Å²) in [7, 11) is 0. The summed E-state index contributed by atoms with van der Waals surface area (Å²) in [6.45, 7) is 5.86. The van der Waals surface area contributed by atoms with Gasteiger partial charge in [0.15, 0.2) is 6.10 Å². The van der Waals surface area contributed by atoms with Gasteiger partial charge in [-0.1, -0.05) is 36.7 Å². The molecule has 1 saturated heterocycles. The van der Waals surface area contributed by atoms with Gasteiger partial charge < -0.3 is 14.5 Å². The third kappa shape index (κ3) is 4.84. The number of hydrogen-bond acceptors (Lipinski definition) is 3. The second-order valence-corrected chi connectivity index (χ2v) is 7.32. The number of hydrogen-bond donors (Lipinski definition) is 0. The SMILES string of the molecule is CCc1ccc(C(=O)N2CCN(C(=O)C(C)Oc3cccc(Cl)c3)CC2)cc1. The quantitative estimate of drug-likeness (QED) is 0.769. The van der Waals surface area contributed by atoms with Gasteiger partial charge in [-0.3, -0.25) is 9.59 Å². The number of ether oxygens (including phenoxy) is 1. The molecule has 1 aliphatic rings. The molecule has 1 aliphatic heterocycles. The molecule has 0 bridgehead atoms. The van der Waals surface area contributed by atoms with Gasteiger partial charge in [0, 0.05) is 36.8 Å². The van der Waals surface area contributed by atoms with Gasteiger partial charge in [0.1, 0.15) is 5.75 Å². The van der Waals surface area contributed by atoms with Crippen molar-refractivity contribution in [3.05, 3.63) is 64.7 Å². The van der Waals surface area contributed by atoms with E-state index in [1.807, 2.05) is 24.3 Å². The summed E-state index contributed by atoms with van der Waals surface area (Å²) >= 11 is 5.96. The summed E-state index contributed by atoms with van der Waals surface area (Å²) in [6.07, 6.45) is 0.340. The molecule has 2 amide bonds. The Kier molecular flexibility index (Phi) is 6.57. The number of piperazine rings is 1. The number of benzene rings is 2. The lowest BCUT2D eigenvalue weighted by Gasteiger charge is -2.36. The summed E-state index contributed by atoms with van der Waals surface area (Å²) in [5, 5.41) is 0.566. The van der Waals surface area contributed by atoms with Gasteiger partial charge in [0.05, 0.1) is 0 Å². The number of nitrogens with zero attached hydrogens (tertiary/aromatic N) is 2. The molecule has 1 unspecified atom stereocenters. The molecule has 0 aliphatic carbocycles. The van der Waals surface area contributed by atoms with Gasteiger partial charge >= 0.3 is 0 Å². The van der Waals surface area contributed by atoms with Crippen molar-refractivity contribution in [3.63, 3.8) is 0 Å². The fourth-order valence-corrected chi connectivity index (χ4v) is 3.43. The van der Waals surface area contributed by atoms with Crippen LogP contribution in [0.3, 0.4) is 0 Å². The maximum absolute atomic E-state index is 12.7. The van der Waals surface area contributed by atoms with Crippen molar-refractivity contribution in [1.29, 1.82) is 0 Å². The van der Waals surface area contributed by atoms with E-state index in [1.165, 1.54) is 5.56 Å². The Hall–Kier alpha value is -2.53. The monoisotopic (exact) mass is 400 g/mol. The van der Waals surface area contributed by atoms with Gasteiger partial charge in [0.2, 0.25) is 0 Å². The highest BCUT2D eigenvalue weighted by atomic mass is 35.5. The summed E-state index contributed by atoms with van der Waals surface area (Å²) in [6, 6.07) is 14.7. The maximum Gasteiger partial charge on any atom is 0.263 e. The molecular formula is C22H25ClN2O3. The average molecular weight is 401 g/mol. The summed E-state index contributed by atoms with van der Waals surface area (Å²) in [4.78, 5) is 28.9. The molecule has 2 aromatic carbocycles. The Bertz CT molecular complexity index is 830. The highest BCUT2D eigenvalue weighted by Crippen LogP contribution is 2.19. The van der Waals surface area contributed by atoms with E-state index in [9.17, 15) is 9.59 Å². The van der Waals surface area contributed by atoms with Gasteiger partial charge in [-0.15, -0.1) is 0 Å². The molecule has 0 radical (unpaired) electrons. The zero-order valence-electron chi connectivity index (χ0n) is 16.2. The van der Waals surface area contributed by atoms with Crippen molar-refractivity contribution in [2.24, 2.45) is 0 Å². The molecule has 3 rings (SSSR count). The molecule has 0 N–H and O–H groups in total. The molecule has 1 atom stereocenters. The van der Waals surface area contributed by atoms with Gasteiger partial charge in [-0.05, 0) is 49.2 Å². The largest absolute Gasteiger partial charge is 0.481 e. The summed E-state index contributed by atoms with van der Waals surface area (Å²) < 4.78 is 5.72. The first-order chi connectivity index (χ1) is 13.5. The molecule has 0 aromatic heterocycles. The Morgan fingerprint density at radius 1 is 1.04 bits per heavy atom. The van der Waals surface area contributed by atoms with Crippen molar-refractivity contribution in [2.75, 3.05) is 26.2 Å². The van der Waals surface area contributed by atoms with E-state index >= 15 is 0 Å². The molecule has 6 heteroatoms. The zero-order valence-corrected chi connectivity index (χ0v) is 17.0. The van der Waals surface area contributed by atoms with E-state index in [0.717, 1.165) is 6.42 Å². The standard InChI is InChI=1S/C22H25ClN2O3/c1-3-17-7-9-18(10-8-17)22(27)25-13-11-24(12-14-25)21(26)16(2)28-20-6-4-5-19(23)15-20/h4-10,15-16H,3,11-14H2,1-2H3. The van der Waals surface area contributed by atoms with E-state index in [-0.39, 0.29) is 11.8 Å². The molecular weight excluding hydrogens is 376 g/mol. The van der Waals surface area contributed by atoms with Crippen LogP contribution in [0.2, 0.25) is 5.02 Å². The number of carbonyl (C=O) groups excluding carboxylic acids is 2. The topological polar surface area (TPSA) is 49.9 Å². The van der Waals surface area contributed by atoms with Crippen LogP contribution in [0.1, 0.15) is 29.8 Å². The Morgan fingerprint density at radius 3 is 2.29 bits per heavy atom. The number of aryl methyl sites for hydroxylation is 1. The molecule has 0 saturated carbocycles. The first-order valence-corrected chi connectivity index (χ1v) is 9.95. The molecule has 28 heavy (non-hydrogen) atoms. The summed E-state index contributed by atoms with van der Waals surface area (Å²) in [5.41, 5.74) is 1.90. The van der Waals surface area contributed by atoms with Crippen molar-refractivity contribution in [2.45, 2.75) is 26.4 Å². The van der Waals surface area contributed by atoms with Crippen molar-refractivity contribution in [1.82, 2.24) is 9.80 Å². The van der Waals surface area contributed by atoms with Crippen LogP contribution in [-0.4, -0.2) is 53.9 Å². The normalized spacial score (nSPS) is 15.2. The lowest BCUT2D eigenvalue weighted by Crippen LogP contribution is -2.53. The highest BCUT2D eigenvalue weighted by molar-refractivity contribution is 6.30. The van der Waals surface area contributed by atoms with Crippen molar-refractivity contribution < 1.29 is 14.3 Å². The average Bonchev–Trinajstić information content (AvgIpc) is 2.73. The fraction of sp³-hybridized carbons (Fsp3) is 0.364. The smallest absolute Gasteiger partial charge is 0.263 e. The second-order valence-electron chi connectivity index (χ2n) is 6.89. The molecule has 1 heterocycles. The molecule has 1 fully saturated rings. The first-order valence-electron chi connectivity index (χ1n) is 9.57. The molecule has 0 spiro atoms. The number of halogens is 1. The number of rotatable bonds is 5. The zero-order chi connectivity index (χ0) is 20.1. The molecule has 5 nitrogen and oxygen atoms in total. The van der Waals surface area contributed by atoms with Crippen LogP contribution in [-0.2, 0) is 11.2 Å². The van der Waals surface area contributed by atoms with Gasteiger partial charge in [-0.2, -0.15) is 0 Å². The van der Waals surface area contributed by atoms with Gasteiger partial charge in [-0.25, -0.2) is 0 Å². The van der Waals surface area contributed by atoms with E-state index < -0.39 is 6.10 Å². The van der Waals surface area contributed by atoms with E-state index in [0.29, 0.717) is 42.5 Å². The van der Waals surface area contributed by atoms with E-state index in [4.69, 9.17) is 16.3 Å². The van der Waals surface area contributed by atoms with Crippen LogP contribution < -0.4 is 4.74 Å². The van der Waals surface area contributed by atoms with E-state index in [1.54, 1.807) is 41.0 Å². The van der Waals surface area contributed by atoms with Crippen LogP contribution in [0, 0.1) is 0 Å². The maximum atomic E-state index is 12.7. The van der Waals surface area contributed by atoms with Crippen LogP contribution in [0.5, 0.6) is 5.75 Å². The minimum absolute atomic E-state index is 0.0120. The first kappa shape index (κ1) is 20.2. The number of carbonyl (C=O) groups is 2. The lowest BCUT2D eigenvalue weighted by atomic mass is 10.1. The third-order valence-corrected chi connectivity index (χ3v) is 5.18. The van der Waals surface area contributed by atoms with Gasteiger partial charge in [0.25, 0.3) is 11.8 Å². The van der Waals surface area contributed by atoms with Crippen molar-refractivity contribution in [3.8, 4) is 5.75 Å². The van der Waals surface area contributed by atoms with Crippen LogP contribution in [0.25, 0.3) is 0 Å². The van der Waals surface area contributed by atoms with Crippen LogP contribution >= 0.6 is 11.6 Å². The highest BCUT2D eigenvalue weighted by Gasteiger charge is 2.28. The Morgan fingerprint density at radius 2 is 1.68 bits per heavy atom. The predicted octanol–water partition coefficient (Wildman–Crippen LogP) is 3.65. The third-order valence-electron chi connectivity index (χ3n) is 4.94. The fourth-order valence-electron chi connectivity index (χ4n) is 3.25. The number of amides is 2. The summed E-state index contributed by atoms with van der Waals surface area (Å²) in [5.74, 6) is 0.495. The Balaban J connectivity index is 1.53.